The molecule has 2 aromatic heterocycles. The van der Waals surface area contributed by atoms with Crippen LogP contribution in [0.4, 0.5) is 5.69 Å². The second kappa shape index (κ2) is 7.04. The van der Waals surface area contributed by atoms with Gasteiger partial charge in [0.05, 0.1) is 38.0 Å². The van der Waals surface area contributed by atoms with Crippen molar-refractivity contribution in [3.63, 3.8) is 0 Å². The second-order valence-electron chi connectivity index (χ2n) is 5.25. The fourth-order valence-electron chi connectivity index (χ4n) is 2.34. The molecule has 0 saturated heterocycles. The SMILES string of the molecule is COc1ccc(N(C)C(=O)c2nn(-c3ccccc3)cc2OC)cn1. The fraction of sp³-hybridized carbons (Fsp3) is 0.167. The van der Waals surface area contributed by atoms with E-state index in [0.29, 0.717) is 17.3 Å². The summed E-state index contributed by atoms with van der Waals surface area (Å²) in [6, 6.07) is 13.0. The molecule has 7 heteroatoms. The van der Waals surface area contributed by atoms with Crippen molar-refractivity contribution in [2.24, 2.45) is 0 Å². The van der Waals surface area contributed by atoms with Crippen LogP contribution in [0.15, 0.2) is 54.9 Å². The van der Waals surface area contributed by atoms with Crippen molar-refractivity contribution < 1.29 is 14.3 Å². The zero-order chi connectivity index (χ0) is 17.8. The van der Waals surface area contributed by atoms with E-state index in [1.165, 1.54) is 19.1 Å². The lowest BCUT2D eigenvalue weighted by molar-refractivity contribution is 0.0985. The van der Waals surface area contributed by atoms with Crippen LogP contribution in [-0.2, 0) is 0 Å². The largest absolute Gasteiger partial charge is 0.493 e. The summed E-state index contributed by atoms with van der Waals surface area (Å²) < 4.78 is 12.0. The number of para-hydroxylation sites is 1. The van der Waals surface area contributed by atoms with Crippen molar-refractivity contribution in [3.05, 3.63) is 60.6 Å². The number of methoxy groups -OCH3 is 2. The smallest absolute Gasteiger partial charge is 0.282 e. The molecule has 1 amide bonds. The van der Waals surface area contributed by atoms with E-state index < -0.39 is 0 Å². The van der Waals surface area contributed by atoms with E-state index in [4.69, 9.17) is 9.47 Å². The average molecular weight is 338 g/mol. The van der Waals surface area contributed by atoms with Crippen LogP contribution in [0.5, 0.6) is 11.6 Å². The molecular formula is C18H18N4O3. The minimum atomic E-state index is -0.293. The third kappa shape index (κ3) is 3.30. The van der Waals surface area contributed by atoms with Gasteiger partial charge in [-0.05, 0) is 18.2 Å². The van der Waals surface area contributed by atoms with Crippen LogP contribution in [0.1, 0.15) is 10.5 Å². The van der Waals surface area contributed by atoms with Gasteiger partial charge in [0.25, 0.3) is 5.91 Å². The highest BCUT2D eigenvalue weighted by Crippen LogP contribution is 2.23. The van der Waals surface area contributed by atoms with E-state index in [-0.39, 0.29) is 11.6 Å². The Kier molecular flexibility index (Phi) is 4.65. The van der Waals surface area contributed by atoms with Crippen molar-refractivity contribution >= 4 is 11.6 Å². The number of nitrogens with zero attached hydrogens (tertiary/aromatic N) is 4. The molecule has 0 atom stereocenters. The first-order valence-corrected chi connectivity index (χ1v) is 7.61. The molecule has 0 spiro atoms. The molecule has 3 aromatic rings. The number of carbonyl (C=O) groups excluding carboxylic acids is 1. The number of ether oxygens (including phenoxy) is 2. The monoisotopic (exact) mass is 338 g/mol. The van der Waals surface area contributed by atoms with Crippen LogP contribution in [-0.4, -0.2) is 41.9 Å². The topological polar surface area (TPSA) is 69.5 Å². The summed E-state index contributed by atoms with van der Waals surface area (Å²) in [6.07, 6.45) is 3.25. The van der Waals surface area contributed by atoms with Gasteiger partial charge in [0, 0.05) is 13.1 Å². The van der Waals surface area contributed by atoms with Crippen LogP contribution in [0, 0.1) is 0 Å². The van der Waals surface area contributed by atoms with E-state index in [1.807, 2.05) is 30.3 Å². The molecule has 0 fully saturated rings. The van der Waals surface area contributed by atoms with Gasteiger partial charge in [-0.15, -0.1) is 0 Å². The summed E-state index contributed by atoms with van der Waals surface area (Å²) in [6.45, 7) is 0. The second-order valence-corrected chi connectivity index (χ2v) is 5.25. The average Bonchev–Trinajstić information content (AvgIpc) is 3.12. The Morgan fingerprint density at radius 2 is 1.84 bits per heavy atom. The first kappa shape index (κ1) is 16.5. The molecule has 128 valence electrons. The lowest BCUT2D eigenvalue weighted by Gasteiger charge is -2.16. The Hall–Kier alpha value is -3.35. The number of hydrogen-bond acceptors (Lipinski definition) is 5. The Labute approximate surface area is 145 Å². The molecule has 0 saturated carbocycles. The maximum Gasteiger partial charge on any atom is 0.282 e. The van der Waals surface area contributed by atoms with Gasteiger partial charge in [-0.3, -0.25) is 4.79 Å². The highest BCUT2D eigenvalue weighted by Gasteiger charge is 2.23. The quantitative estimate of drug-likeness (QED) is 0.715. The molecule has 7 nitrogen and oxygen atoms in total. The van der Waals surface area contributed by atoms with Gasteiger partial charge >= 0.3 is 0 Å². The molecule has 0 bridgehead atoms. The summed E-state index contributed by atoms with van der Waals surface area (Å²) >= 11 is 0. The maximum atomic E-state index is 12.8. The van der Waals surface area contributed by atoms with E-state index >= 15 is 0 Å². The highest BCUT2D eigenvalue weighted by atomic mass is 16.5. The van der Waals surface area contributed by atoms with Crippen LogP contribution in [0.2, 0.25) is 0 Å². The van der Waals surface area contributed by atoms with Gasteiger partial charge < -0.3 is 14.4 Å². The molecule has 0 aliphatic rings. The molecule has 3 rings (SSSR count). The standard InChI is InChI=1S/C18H18N4O3/c1-21(14-9-10-16(25-3)19-11-14)18(23)17-15(24-2)12-22(20-17)13-7-5-4-6-8-13/h4-12H,1-3H3. The zero-order valence-electron chi connectivity index (χ0n) is 14.2. The predicted octanol–water partition coefficient (Wildman–Crippen LogP) is 2.56. The van der Waals surface area contributed by atoms with Gasteiger partial charge in [-0.2, -0.15) is 5.10 Å². The van der Waals surface area contributed by atoms with Crippen molar-refractivity contribution in [1.29, 1.82) is 0 Å². The highest BCUT2D eigenvalue weighted by molar-refractivity contribution is 6.06. The Morgan fingerprint density at radius 1 is 1.08 bits per heavy atom. The predicted molar refractivity (Wildman–Crippen MR) is 93.6 cm³/mol. The molecule has 0 unspecified atom stereocenters. The Balaban J connectivity index is 1.91. The molecule has 0 radical (unpaired) electrons. The minimum Gasteiger partial charge on any atom is -0.493 e. The number of aromatic nitrogens is 3. The van der Waals surface area contributed by atoms with E-state index in [0.717, 1.165) is 5.69 Å². The van der Waals surface area contributed by atoms with Gasteiger partial charge in [0.2, 0.25) is 5.88 Å². The number of pyridine rings is 1. The van der Waals surface area contributed by atoms with Crippen LogP contribution >= 0.6 is 0 Å². The van der Waals surface area contributed by atoms with Gasteiger partial charge in [-0.1, -0.05) is 18.2 Å². The molecular weight excluding hydrogens is 320 g/mol. The first-order valence-electron chi connectivity index (χ1n) is 7.61. The maximum absolute atomic E-state index is 12.8. The summed E-state index contributed by atoms with van der Waals surface area (Å²) in [5, 5.41) is 4.39. The third-order valence-electron chi connectivity index (χ3n) is 3.75. The molecule has 0 aliphatic heterocycles. The van der Waals surface area contributed by atoms with Crippen LogP contribution in [0.25, 0.3) is 5.69 Å². The summed E-state index contributed by atoms with van der Waals surface area (Å²) in [4.78, 5) is 18.4. The number of benzene rings is 1. The number of carbonyl (C=O) groups is 1. The third-order valence-corrected chi connectivity index (χ3v) is 3.75. The zero-order valence-corrected chi connectivity index (χ0v) is 14.2. The minimum absolute atomic E-state index is 0.227. The van der Waals surface area contributed by atoms with Crippen molar-refractivity contribution in [2.45, 2.75) is 0 Å². The molecule has 0 aliphatic carbocycles. The van der Waals surface area contributed by atoms with Crippen molar-refractivity contribution in [2.75, 3.05) is 26.2 Å². The van der Waals surface area contributed by atoms with E-state index in [2.05, 4.69) is 10.1 Å². The first-order chi connectivity index (χ1) is 12.1. The van der Waals surface area contributed by atoms with Crippen LogP contribution < -0.4 is 14.4 Å². The van der Waals surface area contributed by atoms with E-state index in [1.54, 1.807) is 36.3 Å². The lowest BCUT2D eigenvalue weighted by atomic mass is 10.3. The number of hydrogen-bond donors (Lipinski definition) is 0. The molecule has 2 heterocycles. The summed E-state index contributed by atoms with van der Waals surface area (Å²) in [7, 11) is 4.71. The van der Waals surface area contributed by atoms with Gasteiger partial charge in [-0.25, -0.2) is 9.67 Å². The van der Waals surface area contributed by atoms with Crippen molar-refractivity contribution in [3.8, 4) is 17.3 Å². The molecule has 1 aromatic carbocycles. The lowest BCUT2D eigenvalue weighted by Crippen LogP contribution is -2.27. The molecule has 25 heavy (non-hydrogen) atoms. The number of amides is 1. The fourth-order valence-corrected chi connectivity index (χ4v) is 2.34. The van der Waals surface area contributed by atoms with E-state index in [9.17, 15) is 4.79 Å². The van der Waals surface area contributed by atoms with Crippen molar-refractivity contribution in [1.82, 2.24) is 14.8 Å². The Morgan fingerprint density at radius 3 is 2.44 bits per heavy atom. The van der Waals surface area contributed by atoms with Gasteiger partial charge in [0.1, 0.15) is 0 Å². The van der Waals surface area contributed by atoms with Crippen LogP contribution in [0.3, 0.4) is 0 Å². The number of rotatable bonds is 5. The molecule has 0 N–H and O–H groups in total. The Bertz CT molecular complexity index is 860. The summed E-state index contributed by atoms with van der Waals surface area (Å²) in [5.41, 5.74) is 1.69. The summed E-state index contributed by atoms with van der Waals surface area (Å²) in [5.74, 6) is 0.594. The van der Waals surface area contributed by atoms with Gasteiger partial charge in [0.15, 0.2) is 11.4 Å². The normalized spacial score (nSPS) is 10.4. The number of anilines is 1.